The molecule has 39 heavy (non-hydrogen) atoms. The van der Waals surface area contributed by atoms with Gasteiger partial charge in [-0.25, -0.2) is 9.37 Å². The molecule has 0 bridgehead atoms. The van der Waals surface area contributed by atoms with Crippen LogP contribution >= 0.6 is 27.7 Å². The number of carbonyl (C=O) groups excluding carboxylic acids is 2. The van der Waals surface area contributed by atoms with Crippen molar-refractivity contribution in [2.75, 3.05) is 26.2 Å². The summed E-state index contributed by atoms with van der Waals surface area (Å²) in [5, 5.41) is 9.48. The van der Waals surface area contributed by atoms with E-state index in [9.17, 15) is 14.0 Å². The van der Waals surface area contributed by atoms with Gasteiger partial charge in [0.15, 0.2) is 0 Å². The second-order valence-corrected chi connectivity index (χ2v) is 12.7. The molecule has 10 heteroatoms. The van der Waals surface area contributed by atoms with Crippen molar-refractivity contribution in [3.63, 3.8) is 0 Å². The number of nitrogens with zero attached hydrogens (tertiary/aromatic N) is 5. The lowest BCUT2D eigenvalue weighted by atomic mass is 9.93. The van der Waals surface area contributed by atoms with Crippen molar-refractivity contribution < 1.29 is 14.0 Å². The van der Waals surface area contributed by atoms with E-state index in [0.29, 0.717) is 39.1 Å². The third kappa shape index (κ3) is 6.22. The summed E-state index contributed by atoms with van der Waals surface area (Å²) < 4.78 is 15.1. The van der Waals surface area contributed by atoms with E-state index in [1.807, 2.05) is 50.2 Å². The smallest absolute Gasteiger partial charge is 0.256 e. The minimum absolute atomic E-state index is 0.00741. The summed E-state index contributed by atoms with van der Waals surface area (Å²) in [6, 6.07) is 16.2. The molecule has 2 aromatic carbocycles. The molecule has 2 aliphatic rings. The van der Waals surface area contributed by atoms with Crippen LogP contribution in [-0.4, -0.2) is 57.5 Å². The molecule has 0 spiro atoms. The van der Waals surface area contributed by atoms with E-state index in [4.69, 9.17) is 0 Å². The summed E-state index contributed by atoms with van der Waals surface area (Å²) in [4.78, 5) is 34.3. The lowest BCUT2D eigenvalue weighted by molar-refractivity contribution is -0.134. The number of pyridine rings is 1. The summed E-state index contributed by atoms with van der Waals surface area (Å²) in [6.07, 6.45) is 2.22. The van der Waals surface area contributed by atoms with Crippen LogP contribution in [0.25, 0.3) is 0 Å². The van der Waals surface area contributed by atoms with Gasteiger partial charge in [0, 0.05) is 43.3 Å². The molecule has 0 N–H and O–H groups in total. The van der Waals surface area contributed by atoms with Crippen LogP contribution in [0.5, 0.6) is 0 Å². The topological polar surface area (TPSA) is 78.2 Å². The molecule has 0 saturated carbocycles. The van der Waals surface area contributed by atoms with Crippen LogP contribution in [-0.2, 0) is 17.8 Å². The maximum atomic E-state index is 14.8. The molecule has 3 aromatic rings. The molecule has 2 amide bonds. The van der Waals surface area contributed by atoms with Crippen molar-refractivity contribution in [2.24, 2.45) is 10.2 Å². The number of aromatic nitrogens is 1. The molecule has 0 aliphatic carbocycles. The average Bonchev–Trinajstić information content (AvgIpc) is 2.94. The van der Waals surface area contributed by atoms with Crippen molar-refractivity contribution in [3.05, 3.63) is 93.3 Å². The van der Waals surface area contributed by atoms with E-state index in [1.165, 1.54) is 17.8 Å². The standard InChI is InChI=1S/C29H29BrFN5O2S/c1-29(2,39-26-5-3-4-10-32-26)28(38)36-13-11-35(12-14-36)27(37)23-15-19(6-9-24(23)31)16-25-22-17-21(30)8-7-20(22)18-33-34-25/h3-10,15,17,25H,11-14,16,18H2,1-2H3. The maximum absolute atomic E-state index is 14.8. The molecule has 3 heterocycles. The van der Waals surface area contributed by atoms with E-state index < -0.39 is 10.6 Å². The molecule has 1 saturated heterocycles. The summed E-state index contributed by atoms with van der Waals surface area (Å²) in [5.41, 5.74) is 3.06. The number of thioether (sulfide) groups is 1. The van der Waals surface area contributed by atoms with E-state index >= 15 is 0 Å². The molecule has 1 aromatic heterocycles. The summed E-state index contributed by atoms with van der Waals surface area (Å²) in [6.45, 7) is 5.79. The van der Waals surface area contributed by atoms with E-state index in [1.54, 1.807) is 28.1 Å². The maximum Gasteiger partial charge on any atom is 0.256 e. The van der Waals surface area contributed by atoms with Gasteiger partial charge in [-0.15, -0.1) is 0 Å². The van der Waals surface area contributed by atoms with Crippen molar-refractivity contribution in [1.82, 2.24) is 14.8 Å². The van der Waals surface area contributed by atoms with Gasteiger partial charge in [-0.1, -0.05) is 45.9 Å². The van der Waals surface area contributed by atoms with Crippen LogP contribution in [0.4, 0.5) is 4.39 Å². The van der Waals surface area contributed by atoms with Crippen molar-refractivity contribution in [3.8, 4) is 0 Å². The van der Waals surface area contributed by atoms with Gasteiger partial charge in [-0.05, 0) is 66.9 Å². The normalized spacial score (nSPS) is 17.2. The van der Waals surface area contributed by atoms with Gasteiger partial charge in [0.2, 0.25) is 5.91 Å². The van der Waals surface area contributed by atoms with Gasteiger partial charge in [0.1, 0.15) is 11.9 Å². The Labute approximate surface area is 240 Å². The van der Waals surface area contributed by atoms with Crippen LogP contribution < -0.4 is 0 Å². The first-order valence-electron chi connectivity index (χ1n) is 12.8. The van der Waals surface area contributed by atoms with Gasteiger partial charge >= 0.3 is 0 Å². The largest absolute Gasteiger partial charge is 0.338 e. The zero-order chi connectivity index (χ0) is 27.6. The first-order valence-corrected chi connectivity index (χ1v) is 14.4. The number of piperazine rings is 1. The molecule has 2 aliphatic heterocycles. The summed E-state index contributed by atoms with van der Waals surface area (Å²) >= 11 is 4.94. The minimum atomic E-state index is -0.703. The molecule has 7 nitrogen and oxygen atoms in total. The highest BCUT2D eigenvalue weighted by molar-refractivity contribution is 9.10. The van der Waals surface area contributed by atoms with Gasteiger partial charge in [0.25, 0.3) is 5.91 Å². The van der Waals surface area contributed by atoms with Gasteiger partial charge in [0.05, 0.1) is 21.9 Å². The molecular weight excluding hydrogens is 581 g/mol. The first-order chi connectivity index (χ1) is 18.7. The zero-order valence-corrected chi connectivity index (χ0v) is 24.2. The Morgan fingerprint density at radius 3 is 2.56 bits per heavy atom. The van der Waals surface area contributed by atoms with E-state index in [0.717, 1.165) is 26.2 Å². The molecule has 202 valence electrons. The number of fused-ring (bicyclic) bond motifs is 1. The molecule has 1 fully saturated rings. The predicted octanol–water partition coefficient (Wildman–Crippen LogP) is 6.09. The SMILES string of the molecule is CC(C)(Sc1ccccn1)C(=O)N1CCN(C(=O)c2cc(CC3N=NCc4ccc(Br)cc43)ccc2F)CC1. The number of halogens is 2. The Kier molecular flexibility index (Phi) is 8.13. The minimum Gasteiger partial charge on any atom is -0.338 e. The van der Waals surface area contributed by atoms with Crippen LogP contribution in [0, 0.1) is 5.82 Å². The van der Waals surface area contributed by atoms with E-state index in [-0.39, 0.29) is 23.4 Å². The lowest BCUT2D eigenvalue weighted by Crippen LogP contribution is -2.54. The second-order valence-electron chi connectivity index (χ2n) is 10.2. The number of benzene rings is 2. The highest BCUT2D eigenvalue weighted by atomic mass is 79.9. The molecule has 1 atom stereocenters. The fraction of sp³-hybridized carbons (Fsp3) is 0.345. The van der Waals surface area contributed by atoms with Gasteiger partial charge < -0.3 is 9.80 Å². The van der Waals surface area contributed by atoms with Gasteiger partial charge in [-0.2, -0.15) is 10.2 Å². The molecular formula is C29H29BrFN5O2S. The number of amides is 2. The Balaban J connectivity index is 1.24. The third-order valence-electron chi connectivity index (χ3n) is 6.99. The molecule has 5 rings (SSSR count). The predicted molar refractivity (Wildman–Crippen MR) is 152 cm³/mol. The Morgan fingerprint density at radius 1 is 1.05 bits per heavy atom. The van der Waals surface area contributed by atoms with Gasteiger partial charge in [-0.3, -0.25) is 9.59 Å². The molecule has 0 radical (unpaired) electrons. The number of azo groups is 1. The van der Waals surface area contributed by atoms with Crippen LogP contribution in [0.3, 0.4) is 0 Å². The number of hydrogen-bond acceptors (Lipinski definition) is 6. The second kappa shape index (κ2) is 11.6. The van der Waals surface area contributed by atoms with E-state index in [2.05, 4.69) is 31.1 Å². The van der Waals surface area contributed by atoms with Crippen molar-refractivity contribution >= 4 is 39.5 Å². The summed E-state index contributed by atoms with van der Waals surface area (Å²) in [5.74, 6) is -0.924. The van der Waals surface area contributed by atoms with Crippen LogP contribution in [0.2, 0.25) is 0 Å². The molecule has 1 unspecified atom stereocenters. The number of carbonyl (C=O) groups is 2. The number of rotatable bonds is 6. The van der Waals surface area contributed by atoms with Crippen LogP contribution in [0.1, 0.15) is 46.9 Å². The highest BCUT2D eigenvalue weighted by Crippen LogP contribution is 2.34. The fourth-order valence-electron chi connectivity index (χ4n) is 4.91. The number of hydrogen-bond donors (Lipinski definition) is 0. The Morgan fingerprint density at radius 2 is 1.82 bits per heavy atom. The first kappa shape index (κ1) is 27.5. The summed E-state index contributed by atoms with van der Waals surface area (Å²) in [7, 11) is 0. The highest BCUT2D eigenvalue weighted by Gasteiger charge is 2.36. The van der Waals surface area contributed by atoms with Crippen molar-refractivity contribution in [1.29, 1.82) is 0 Å². The Bertz CT molecular complexity index is 1410. The fourth-order valence-corrected chi connectivity index (χ4v) is 6.29. The zero-order valence-electron chi connectivity index (χ0n) is 21.8. The lowest BCUT2D eigenvalue weighted by Gasteiger charge is -2.38. The quantitative estimate of drug-likeness (QED) is 0.317. The monoisotopic (exact) mass is 609 g/mol. The average molecular weight is 611 g/mol. The van der Waals surface area contributed by atoms with Crippen LogP contribution in [0.15, 0.2) is 80.5 Å². The third-order valence-corrected chi connectivity index (χ3v) is 8.61. The van der Waals surface area contributed by atoms with Crippen molar-refractivity contribution in [2.45, 2.75) is 42.6 Å². The Hall–Kier alpha value is -3.11.